The fourth-order valence-corrected chi connectivity index (χ4v) is 1.78. The second kappa shape index (κ2) is 5.55. The molecule has 0 amide bonds. The fraction of sp³-hybridized carbons (Fsp3) is 1.00. The van der Waals surface area contributed by atoms with Gasteiger partial charge < -0.3 is 9.64 Å². The van der Waals surface area contributed by atoms with Gasteiger partial charge >= 0.3 is 0 Å². The molecule has 0 aromatic heterocycles. The maximum Gasteiger partial charge on any atom is 0.0710 e. The molecule has 0 bridgehead atoms. The van der Waals surface area contributed by atoms with Crippen molar-refractivity contribution in [1.82, 2.24) is 4.90 Å². The molecule has 0 aromatic rings. The van der Waals surface area contributed by atoms with Crippen molar-refractivity contribution in [2.75, 3.05) is 26.7 Å². The minimum absolute atomic E-state index is 0.506. The summed E-state index contributed by atoms with van der Waals surface area (Å²) < 4.78 is 5.31. The second-order valence-electron chi connectivity index (χ2n) is 3.65. The molecular formula is C10H21NO. The molecule has 1 aliphatic rings. The van der Waals surface area contributed by atoms with Gasteiger partial charge in [-0.2, -0.15) is 0 Å². The lowest BCUT2D eigenvalue weighted by molar-refractivity contribution is 0.108. The van der Waals surface area contributed by atoms with Crippen LogP contribution in [0.3, 0.4) is 0 Å². The van der Waals surface area contributed by atoms with E-state index in [1.54, 1.807) is 0 Å². The molecule has 1 saturated heterocycles. The molecule has 12 heavy (non-hydrogen) atoms. The van der Waals surface area contributed by atoms with E-state index in [-0.39, 0.29) is 0 Å². The number of methoxy groups -OCH3 is 1. The van der Waals surface area contributed by atoms with Gasteiger partial charge in [-0.1, -0.05) is 19.8 Å². The molecule has 1 unspecified atom stereocenters. The second-order valence-corrected chi connectivity index (χ2v) is 3.65. The smallest absolute Gasteiger partial charge is 0.0710 e. The summed E-state index contributed by atoms with van der Waals surface area (Å²) in [6.45, 7) is 5.91. The first kappa shape index (κ1) is 10.0. The number of hydrogen-bond donors (Lipinski definition) is 0. The van der Waals surface area contributed by atoms with Crippen molar-refractivity contribution in [2.24, 2.45) is 0 Å². The molecule has 0 spiro atoms. The molecule has 1 aliphatic heterocycles. The van der Waals surface area contributed by atoms with Gasteiger partial charge in [-0.25, -0.2) is 0 Å². The zero-order valence-corrected chi connectivity index (χ0v) is 8.38. The first-order valence-corrected chi connectivity index (χ1v) is 5.12. The van der Waals surface area contributed by atoms with Gasteiger partial charge in [-0.3, -0.25) is 0 Å². The molecule has 0 aliphatic carbocycles. The summed E-state index contributed by atoms with van der Waals surface area (Å²) in [5, 5.41) is 0. The number of likely N-dealkylation sites (tertiary alicyclic amines) is 1. The van der Waals surface area contributed by atoms with Gasteiger partial charge in [0.1, 0.15) is 0 Å². The molecule has 1 fully saturated rings. The first-order chi connectivity index (χ1) is 5.86. The molecular weight excluding hydrogens is 150 g/mol. The van der Waals surface area contributed by atoms with Crippen LogP contribution in [0, 0.1) is 0 Å². The van der Waals surface area contributed by atoms with Crippen LogP contribution in [0.4, 0.5) is 0 Å². The number of nitrogens with zero attached hydrogens (tertiary/aromatic N) is 1. The van der Waals surface area contributed by atoms with Crippen LogP contribution in [0.1, 0.15) is 32.6 Å². The summed E-state index contributed by atoms with van der Waals surface area (Å²) in [6.07, 6.45) is 5.78. The van der Waals surface area contributed by atoms with Crippen LogP contribution in [0.2, 0.25) is 0 Å². The SMILES string of the molecule is CCCCCN1CCC(OC)C1. The largest absolute Gasteiger partial charge is 0.380 e. The molecule has 1 atom stereocenters. The Balaban J connectivity index is 2.03. The normalized spacial score (nSPS) is 25.0. The van der Waals surface area contributed by atoms with Crippen molar-refractivity contribution >= 4 is 0 Å². The predicted octanol–water partition coefficient (Wildman–Crippen LogP) is 1.90. The number of hydrogen-bond acceptors (Lipinski definition) is 2. The van der Waals surface area contributed by atoms with Gasteiger partial charge in [0.05, 0.1) is 6.10 Å². The zero-order chi connectivity index (χ0) is 8.81. The van der Waals surface area contributed by atoms with E-state index >= 15 is 0 Å². The Morgan fingerprint density at radius 3 is 2.83 bits per heavy atom. The third-order valence-electron chi connectivity index (χ3n) is 2.64. The number of unbranched alkanes of at least 4 members (excludes halogenated alkanes) is 2. The highest BCUT2D eigenvalue weighted by Crippen LogP contribution is 2.12. The Bertz CT molecular complexity index is 116. The molecule has 2 nitrogen and oxygen atoms in total. The van der Waals surface area contributed by atoms with E-state index in [1.807, 2.05) is 7.11 Å². The van der Waals surface area contributed by atoms with Crippen LogP contribution in [0.5, 0.6) is 0 Å². The Labute approximate surface area is 75.9 Å². The molecule has 0 saturated carbocycles. The van der Waals surface area contributed by atoms with Gasteiger partial charge in [0, 0.05) is 20.2 Å². The summed E-state index contributed by atoms with van der Waals surface area (Å²) in [7, 11) is 1.82. The van der Waals surface area contributed by atoms with Crippen LogP contribution >= 0.6 is 0 Å². The number of rotatable bonds is 5. The van der Waals surface area contributed by atoms with Crippen LogP contribution < -0.4 is 0 Å². The first-order valence-electron chi connectivity index (χ1n) is 5.12. The molecule has 1 heterocycles. The van der Waals surface area contributed by atoms with Gasteiger partial charge in [-0.05, 0) is 19.4 Å². The van der Waals surface area contributed by atoms with Gasteiger partial charge in [0.2, 0.25) is 0 Å². The van der Waals surface area contributed by atoms with Crippen LogP contribution in [-0.4, -0.2) is 37.7 Å². The predicted molar refractivity (Wildman–Crippen MR) is 51.4 cm³/mol. The van der Waals surface area contributed by atoms with Gasteiger partial charge in [0.25, 0.3) is 0 Å². The monoisotopic (exact) mass is 171 g/mol. The highest BCUT2D eigenvalue weighted by molar-refractivity contribution is 4.75. The Kier molecular flexibility index (Phi) is 4.62. The molecule has 1 rings (SSSR count). The highest BCUT2D eigenvalue weighted by Gasteiger charge is 2.20. The lowest BCUT2D eigenvalue weighted by atomic mass is 10.2. The third-order valence-corrected chi connectivity index (χ3v) is 2.64. The van der Waals surface area contributed by atoms with E-state index in [0.29, 0.717) is 6.10 Å². The van der Waals surface area contributed by atoms with E-state index in [9.17, 15) is 0 Å². The summed E-state index contributed by atoms with van der Waals surface area (Å²) >= 11 is 0. The summed E-state index contributed by atoms with van der Waals surface area (Å²) in [6, 6.07) is 0. The average Bonchev–Trinajstić information content (AvgIpc) is 2.53. The van der Waals surface area contributed by atoms with Crippen molar-refractivity contribution in [3.63, 3.8) is 0 Å². The summed E-state index contributed by atoms with van der Waals surface area (Å²) in [5.74, 6) is 0. The summed E-state index contributed by atoms with van der Waals surface area (Å²) in [4.78, 5) is 2.52. The van der Waals surface area contributed by atoms with E-state index in [4.69, 9.17) is 4.74 Å². The molecule has 0 N–H and O–H groups in total. The van der Waals surface area contributed by atoms with Crippen LogP contribution in [-0.2, 0) is 4.74 Å². The minimum atomic E-state index is 0.506. The zero-order valence-electron chi connectivity index (χ0n) is 8.38. The van der Waals surface area contributed by atoms with E-state index < -0.39 is 0 Å². The number of ether oxygens (including phenoxy) is 1. The van der Waals surface area contributed by atoms with E-state index in [1.165, 1.54) is 38.8 Å². The maximum absolute atomic E-state index is 5.31. The Morgan fingerprint density at radius 2 is 2.25 bits per heavy atom. The van der Waals surface area contributed by atoms with Crippen LogP contribution in [0.15, 0.2) is 0 Å². The van der Waals surface area contributed by atoms with Crippen molar-refractivity contribution < 1.29 is 4.74 Å². The topological polar surface area (TPSA) is 12.5 Å². The summed E-state index contributed by atoms with van der Waals surface area (Å²) in [5.41, 5.74) is 0. The molecule has 2 heteroatoms. The van der Waals surface area contributed by atoms with Crippen LogP contribution in [0.25, 0.3) is 0 Å². The van der Waals surface area contributed by atoms with Gasteiger partial charge in [-0.15, -0.1) is 0 Å². The average molecular weight is 171 g/mol. The Morgan fingerprint density at radius 1 is 1.42 bits per heavy atom. The third kappa shape index (κ3) is 3.11. The molecule has 0 aromatic carbocycles. The van der Waals surface area contributed by atoms with Crippen molar-refractivity contribution in [3.05, 3.63) is 0 Å². The van der Waals surface area contributed by atoms with Crippen molar-refractivity contribution in [1.29, 1.82) is 0 Å². The van der Waals surface area contributed by atoms with Crippen molar-refractivity contribution in [3.8, 4) is 0 Å². The van der Waals surface area contributed by atoms with Gasteiger partial charge in [0.15, 0.2) is 0 Å². The highest BCUT2D eigenvalue weighted by atomic mass is 16.5. The lowest BCUT2D eigenvalue weighted by Gasteiger charge is -2.14. The molecule has 0 radical (unpaired) electrons. The molecule has 72 valence electrons. The fourth-order valence-electron chi connectivity index (χ4n) is 1.78. The lowest BCUT2D eigenvalue weighted by Crippen LogP contribution is -2.23. The standard InChI is InChI=1S/C10H21NO/c1-3-4-5-7-11-8-6-10(9-11)12-2/h10H,3-9H2,1-2H3. The van der Waals surface area contributed by atoms with E-state index in [0.717, 1.165) is 6.54 Å². The minimum Gasteiger partial charge on any atom is -0.380 e. The maximum atomic E-state index is 5.31. The Hall–Kier alpha value is -0.0800. The quantitative estimate of drug-likeness (QED) is 0.586. The van der Waals surface area contributed by atoms with Crippen molar-refractivity contribution in [2.45, 2.75) is 38.7 Å². The van der Waals surface area contributed by atoms with E-state index in [2.05, 4.69) is 11.8 Å².